The van der Waals surface area contributed by atoms with E-state index >= 15 is 0 Å². The maximum Gasteiger partial charge on any atom is 0.191 e. The van der Waals surface area contributed by atoms with Crippen molar-refractivity contribution in [2.75, 3.05) is 38.3 Å². The number of anilines is 1. The Labute approximate surface area is 152 Å². The second kappa shape index (κ2) is 6.81. The van der Waals surface area contributed by atoms with Crippen molar-refractivity contribution in [1.29, 1.82) is 0 Å². The normalized spacial score (nSPS) is 24.0. The fourth-order valence-electron chi connectivity index (χ4n) is 4.01. The van der Waals surface area contributed by atoms with Crippen molar-refractivity contribution in [3.05, 3.63) is 41.3 Å². The molecule has 1 aliphatic heterocycles. The highest BCUT2D eigenvalue weighted by Gasteiger charge is 2.55. The highest BCUT2D eigenvalue weighted by molar-refractivity contribution is 5.96. The van der Waals surface area contributed by atoms with Gasteiger partial charge in [-0.1, -0.05) is 6.07 Å². The molecule has 0 bridgehead atoms. The summed E-state index contributed by atoms with van der Waals surface area (Å²) in [5, 5.41) is 13.6. The smallest absolute Gasteiger partial charge is 0.191 e. The van der Waals surface area contributed by atoms with Crippen molar-refractivity contribution >= 4 is 11.6 Å². The summed E-state index contributed by atoms with van der Waals surface area (Å²) in [6, 6.07) is 4.14. The van der Waals surface area contributed by atoms with E-state index < -0.39 is 0 Å². The lowest BCUT2D eigenvalue weighted by molar-refractivity contribution is 0.0848. The molecule has 1 N–H and O–H groups in total. The summed E-state index contributed by atoms with van der Waals surface area (Å²) in [6.07, 6.45) is 3.32. The van der Waals surface area contributed by atoms with E-state index in [1.807, 2.05) is 6.92 Å². The third-order valence-electron chi connectivity index (χ3n) is 5.65. The number of ether oxygens (including phenoxy) is 1. The van der Waals surface area contributed by atoms with E-state index in [0.717, 1.165) is 30.2 Å². The van der Waals surface area contributed by atoms with E-state index in [1.165, 1.54) is 7.11 Å². The summed E-state index contributed by atoms with van der Waals surface area (Å²) < 4.78 is 6.63. The van der Waals surface area contributed by atoms with E-state index in [4.69, 9.17) is 9.72 Å². The van der Waals surface area contributed by atoms with Gasteiger partial charge in [0.25, 0.3) is 0 Å². The van der Waals surface area contributed by atoms with Crippen LogP contribution in [0.2, 0.25) is 0 Å². The first kappa shape index (κ1) is 17.2. The van der Waals surface area contributed by atoms with Gasteiger partial charge in [0.1, 0.15) is 12.4 Å². The largest absolute Gasteiger partial charge is 0.396 e. The molecule has 1 aliphatic carbocycles. The molecular formula is C19H24N4O3. The number of fused-ring (bicyclic) bond motifs is 1. The van der Waals surface area contributed by atoms with Crippen LogP contribution in [0.5, 0.6) is 0 Å². The predicted octanol–water partition coefficient (Wildman–Crippen LogP) is 1.14. The number of aliphatic hydroxyl groups excluding tert-OH is 1. The number of pyridine rings is 1. The summed E-state index contributed by atoms with van der Waals surface area (Å²) in [5.41, 5.74) is 2.62. The monoisotopic (exact) mass is 356 g/mol. The van der Waals surface area contributed by atoms with Crippen molar-refractivity contribution in [3.63, 3.8) is 0 Å². The molecule has 2 fully saturated rings. The van der Waals surface area contributed by atoms with Gasteiger partial charge in [-0.2, -0.15) is 5.10 Å². The van der Waals surface area contributed by atoms with Crippen LogP contribution >= 0.6 is 0 Å². The van der Waals surface area contributed by atoms with Gasteiger partial charge in [0.05, 0.1) is 18.3 Å². The Morgan fingerprint density at radius 2 is 2.12 bits per heavy atom. The van der Waals surface area contributed by atoms with Crippen molar-refractivity contribution in [2.45, 2.75) is 13.5 Å². The summed E-state index contributed by atoms with van der Waals surface area (Å²) in [6.45, 7) is 4.95. The van der Waals surface area contributed by atoms with Crippen LogP contribution in [-0.4, -0.2) is 59.1 Å². The van der Waals surface area contributed by atoms with Crippen LogP contribution in [0.15, 0.2) is 24.5 Å². The standard InChI is InChI=1S/C19H24N4O3/c1-12-13(6-23-7-14(5-20-23)18(25)11-26-2)3-4-19(21-12)22-8-15-16(9-22)17(15)10-24/h3-5,7,15-17,24H,6,8-11H2,1-2H3/t15-,16+,17?. The minimum Gasteiger partial charge on any atom is -0.396 e. The van der Waals surface area contributed by atoms with Gasteiger partial charge < -0.3 is 14.7 Å². The Morgan fingerprint density at radius 3 is 2.77 bits per heavy atom. The molecule has 0 spiro atoms. The molecule has 0 aromatic carbocycles. The lowest BCUT2D eigenvalue weighted by atomic mass is 10.2. The number of rotatable bonds is 7. The minimum atomic E-state index is -0.0715. The van der Waals surface area contributed by atoms with Gasteiger partial charge in [0.15, 0.2) is 5.78 Å². The van der Waals surface area contributed by atoms with Crippen molar-refractivity contribution < 1.29 is 14.6 Å². The van der Waals surface area contributed by atoms with Crippen molar-refractivity contribution in [3.8, 4) is 0 Å². The number of carbonyl (C=O) groups is 1. The van der Waals surface area contributed by atoms with Crippen LogP contribution in [-0.2, 0) is 11.3 Å². The Bertz CT molecular complexity index is 807. The van der Waals surface area contributed by atoms with Crippen LogP contribution in [0.25, 0.3) is 0 Å². The molecule has 2 aliphatic rings. The highest BCUT2D eigenvalue weighted by atomic mass is 16.5. The van der Waals surface area contributed by atoms with Gasteiger partial charge in [-0.25, -0.2) is 4.98 Å². The Hall–Kier alpha value is -2.25. The lowest BCUT2D eigenvalue weighted by Crippen LogP contribution is -2.25. The first-order valence-corrected chi connectivity index (χ1v) is 8.97. The quantitative estimate of drug-likeness (QED) is 0.750. The first-order valence-electron chi connectivity index (χ1n) is 8.97. The van der Waals surface area contributed by atoms with Gasteiger partial charge in [-0.15, -0.1) is 0 Å². The van der Waals surface area contributed by atoms with Crippen LogP contribution in [0, 0.1) is 24.7 Å². The molecule has 138 valence electrons. The van der Waals surface area contributed by atoms with Crippen LogP contribution < -0.4 is 4.90 Å². The zero-order chi connectivity index (χ0) is 18.3. The number of Topliss-reactive ketones (excluding diaryl/α,β-unsaturated/α-hetero) is 1. The van der Waals surface area contributed by atoms with Gasteiger partial charge in [-0.05, 0) is 36.3 Å². The summed E-state index contributed by atoms with van der Waals surface area (Å²) >= 11 is 0. The first-order chi connectivity index (χ1) is 12.6. The topological polar surface area (TPSA) is 80.5 Å². The molecule has 1 saturated carbocycles. The molecule has 7 heteroatoms. The fraction of sp³-hybridized carbons (Fsp3) is 0.526. The second-order valence-corrected chi connectivity index (χ2v) is 7.28. The number of nitrogens with zero attached hydrogens (tertiary/aromatic N) is 4. The zero-order valence-corrected chi connectivity index (χ0v) is 15.1. The number of ketones is 1. The molecule has 0 amide bonds. The van der Waals surface area contributed by atoms with E-state index in [2.05, 4.69) is 22.1 Å². The number of hydrogen-bond acceptors (Lipinski definition) is 6. The van der Waals surface area contributed by atoms with E-state index in [0.29, 0.717) is 36.5 Å². The maximum absolute atomic E-state index is 11.8. The second-order valence-electron chi connectivity index (χ2n) is 7.28. The number of carbonyl (C=O) groups excluding carboxylic acids is 1. The molecule has 2 aromatic rings. The number of aryl methyl sites for hydroxylation is 1. The molecule has 2 aromatic heterocycles. The molecule has 3 atom stereocenters. The maximum atomic E-state index is 11.8. The third kappa shape index (κ3) is 3.12. The van der Waals surface area contributed by atoms with Crippen LogP contribution in [0.1, 0.15) is 21.6 Å². The molecule has 4 rings (SSSR count). The minimum absolute atomic E-state index is 0.0654. The number of aliphatic hydroxyl groups is 1. The number of piperidine rings is 1. The van der Waals surface area contributed by atoms with Crippen molar-refractivity contribution in [2.24, 2.45) is 17.8 Å². The van der Waals surface area contributed by atoms with Gasteiger partial charge in [0.2, 0.25) is 0 Å². The van der Waals surface area contributed by atoms with Gasteiger partial charge in [-0.3, -0.25) is 9.48 Å². The van der Waals surface area contributed by atoms with Crippen LogP contribution in [0.3, 0.4) is 0 Å². The number of aromatic nitrogens is 3. The third-order valence-corrected chi connectivity index (χ3v) is 5.65. The average Bonchev–Trinajstić information content (AvgIpc) is 3.00. The Balaban J connectivity index is 1.42. The van der Waals surface area contributed by atoms with E-state index in [9.17, 15) is 9.90 Å². The lowest BCUT2D eigenvalue weighted by Gasteiger charge is -2.21. The van der Waals surface area contributed by atoms with Crippen LogP contribution in [0.4, 0.5) is 5.82 Å². The molecular weight excluding hydrogens is 332 g/mol. The van der Waals surface area contributed by atoms with Gasteiger partial charge in [0, 0.05) is 38.7 Å². The molecule has 7 nitrogen and oxygen atoms in total. The summed E-state index contributed by atoms with van der Waals surface area (Å²) in [7, 11) is 1.51. The summed E-state index contributed by atoms with van der Waals surface area (Å²) in [5.74, 6) is 2.70. The molecule has 1 unspecified atom stereocenters. The van der Waals surface area contributed by atoms with Gasteiger partial charge >= 0.3 is 0 Å². The Kier molecular flexibility index (Phi) is 4.50. The molecule has 26 heavy (non-hydrogen) atoms. The number of methoxy groups -OCH3 is 1. The predicted molar refractivity (Wildman–Crippen MR) is 96.3 cm³/mol. The number of hydrogen-bond donors (Lipinski definition) is 1. The van der Waals surface area contributed by atoms with E-state index in [-0.39, 0.29) is 12.4 Å². The van der Waals surface area contributed by atoms with Crippen molar-refractivity contribution in [1.82, 2.24) is 14.8 Å². The zero-order valence-electron chi connectivity index (χ0n) is 15.1. The average molecular weight is 356 g/mol. The molecule has 3 heterocycles. The summed E-state index contributed by atoms with van der Waals surface area (Å²) in [4.78, 5) is 18.9. The Morgan fingerprint density at radius 1 is 1.35 bits per heavy atom. The fourth-order valence-corrected chi connectivity index (χ4v) is 4.01. The van der Waals surface area contributed by atoms with E-state index in [1.54, 1.807) is 17.1 Å². The SMILES string of the molecule is COCC(=O)c1cnn(Cc2ccc(N3C[C@@H]4C(CO)[C@@H]4C3)nc2C)c1. The molecule has 1 saturated heterocycles. The molecule has 0 radical (unpaired) electrons. The highest BCUT2D eigenvalue weighted by Crippen LogP contribution is 2.51.